The highest BCUT2D eigenvalue weighted by Gasteiger charge is 2.14. The summed E-state index contributed by atoms with van der Waals surface area (Å²) in [5.74, 6) is 0.0807. The summed E-state index contributed by atoms with van der Waals surface area (Å²) in [4.78, 5) is 15.7. The van der Waals surface area contributed by atoms with Crippen molar-refractivity contribution < 1.29 is 4.79 Å². The zero-order chi connectivity index (χ0) is 12.0. The molecule has 2 atom stereocenters. The number of carbonyl (C=O) groups is 1. The zero-order valence-corrected chi connectivity index (χ0v) is 12.6. The number of amides is 1. The van der Waals surface area contributed by atoms with Gasteiger partial charge in [-0.25, -0.2) is 4.98 Å². The smallest absolute Gasteiger partial charge is 0.224 e. The van der Waals surface area contributed by atoms with Crippen molar-refractivity contribution in [1.29, 1.82) is 0 Å². The quantitative estimate of drug-likeness (QED) is 0.826. The molecule has 18 heavy (non-hydrogen) atoms. The standard InChI is InChI=1S/C11H20N4O.2ClH/c1-9(6-12-3)11(16)14-10(2)7-15-5-4-13-8-15;;/h4-5,8-10,12H,6-7H2,1-3H3,(H,14,16);2*1H. The minimum Gasteiger partial charge on any atom is -0.352 e. The average molecular weight is 297 g/mol. The molecular weight excluding hydrogens is 275 g/mol. The average Bonchev–Trinajstić information content (AvgIpc) is 2.70. The third-order valence-electron chi connectivity index (χ3n) is 2.39. The topological polar surface area (TPSA) is 59.0 Å². The van der Waals surface area contributed by atoms with Crippen LogP contribution >= 0.6 is 24.8 Å². The predicted molar refractivity (Wildman–Crippen MR) is 77.4 cm³/mol. The Morgan fingerprint density at radius 1 is 1.39 bits per heavy atom. The number of hydrogen-bond donors (Lipinski definition) is 2. The van der Waals surface area contributed by atoms with Gasteiger partial charge >= 0.3 is 0 Å². The van der Waals surface area contributed by atoms with Crippen molar-refractivity contribution in [2.45, 2.75) is 26.4 Å². The van der Waals surface area contributed by atoms with Gasteiger partial charge in [-0.2, -0.15) is 0 Å². The molecule has 1 aromatic rings. The summed E-state index contributed by atoms with van der Waals surface area (Å²) >= 11 is 0. The summed E-state index contributed by atoms with van der Waals surface area (Å²) < 4.78 is 1.95. The van der Waals surface area contributed by atoms with Crippen LogP contribution < -0.4 is 10.6 Å². The highest BCUT2D eigenvalue weighted by molar-refractivity contribution is 5.85. The van der Waals surface area contributed by atoms with Crippen LogP contribution in [0.25, 0.3) is 0 Å². The van der Waals surface area contributed by atoms with E-state index in [2.05, 4.69) is 15.6 Å². The lowest BCUT2D eigenvalue weighted by atomic mass is 10.1. The monoisotopic (exact) mass is 296 g/mol. The van der Waals surface area contributed by atoms with Crippen molar-refractivity contribution in [2.24, 2.45) is 5.92 Å². The number of hydrogen-bond acceptors (Lipinski definition) is 3. The number of halogens is 2. The molecule has 0 radical (unpaired) electrons. The molecule has 106 valence electrons. The van der Waals surface area contributed by atoms with E-state index in [1.165, 1.54) is 0 Å². The molecule has 0 saturated heterocycles. The van der Waals surface area contributed by atoms with Crippen molar-refractivity contribution in [1.82, 2.24) is 20.2 Å². The first-order valence-corrected chi connectivity index (χ1v) is 5.54. The van der Waals surface area contributed by atoms with E-state index < -0.39 is 0 Å². The first-order valence-electron chi connectivity index (χ1n) is 5.54. The molecule has 0 spiro atoms. The Kier molecular flexibility index (Phi) is 11.1. The van der Waals surface area contributed by atoms with Crippen LogP contribution in [0.2, 0.25) is 0 Å². The Morgan fingerprint density at radius 3 is 2.56 bits per heavy atom. The number of carbonyl (C=O) groups excluding carboxylic acids is 1. The second-order valence-electron chi connectivity index (χ2n) is 4.13. The first-order chi connectivity index (χ1) is 7.63. The Bertz CT molecular complexity index is 319. The fourth-order valence-electron chi connectivity index (χ4n) is 1.54. The Hall–Kier alpha value is -0.780. The van der Waals surface area contributed by atoms with E-state index in [-0.39, 0.29) is 42.7 Å². The number of rotatable bonds is 6. The number of nitrogens with zero attached hydrogens (tertiary/aromatic N) is 2. The maximum Gasteiger partial charge on any atom is 0.224 e. The van der Waals surface area contributed by atoms with Gasteiger partial charge in [-0.05, 0) is 14.0 Å². The van der Waals surface area contributed by atoms with E-state index in [0.717, 1.165) is 6.54 Å². The van der Waals surface area contributed by atoms with Gasteiger partial charge in [-0.1, -0.05) is 6.92 Å². The summed E-state index contributed by atoms with van der Waals surface area (Å²) in [6.07, 6.45) is 5.37. The third kappa shape index (κ3) is 6.83. The lowest BCUT2D eigenvalue weighted by Gasteiger charge is -2.17. The van der Waals surface area contributed by atoms with Gasteiger partial charge in [0.2, 0.25) is 5.91 Å². The molecule has 0 aliphatic carbocycles. The van der Waals surface area contributed by atoms with Gasteiger partial charge in [-0.3, -0.25) is 4.79 Å². The van der Waals surface area contributed by atoms with Crippen LogP contribution in [0.1, 0.15) is 13.8 Å². The second-order valence-corrected chi connectivity index (χ2v) is 4.13. The molecule has 7 heteroatoms. The first kappa shape index (κ1) is 19.6. The molecule has 0 aliphatic rings. The minimum absolute atomic E-state index is 0. The van der Waals surface area contributed by atoms with Crippen LogP contribution in [-0.4, -0.2) is 35.1 Å². The van der Waals surface area contributed by atoms with Crippen LogP contribution in [0, 0.1) is 5.92 Å². The molecule has 1 amide bonds. The molecule has 1 aromatic heterocycles. The fraction of sp³-hybridized carbons (Fsp3) is 0.636. The molecule has 0 aliphatic heterocycles. The van der Waals surface area contributed by atoms with E-state index >= 15 is 0 Å². The van der Waals surface area contributed by atoms with Crippen LogP contribution in [0.4, 0.5) is 0 Å². The molecule has 1 rings (SSSR count). The van der Waals surface area contributed by atoms with Gasteiger partial charge in [-0.15, -0.1) is 24.8 Å². The molecule has 5 nitrogen and oxygen atoms in total. The van der Waals surface area contributed by atoms with Crippen LogP contribution in [0.3, 0.4) is 0 Å². The van der Waals surface area contributed by atoms with Crippen LogP contribution in [0.5, 0.6) is 0 Å². The normalized spacial score (nSPS) is 12.8. The van der Waals surface area contributed by atoms with E-state index in [1.54, 1.807) is 12.5 Å². The van der Waals surface area contributed by atoms with Crippen molar-refractivity contribution >= 4 is 30.7 Å². The predicted octanol–water partition coefficient (Wildman–Crippen LogP) is 1.09. The van der Waals surface area contributed by atoms with Crippen LogP contribution in [0.15, 0.2) is 18.7 Å². The van der Waals surface area contributed by atoms with Gasteiger partial charge in [0.1, 0.15) is 0 Å². The Labute approximate surface area is 121 Å². The fourth-order valence-corrected chi connectivity index (χ4v) is 1.54. The molecule has 1 heterocycles. The second kappa shape index (κ2) is 10.2. The van der Waals surface area contributed by atoms with Crippen molar-refractivity contribution in [2.75, 3.05) is 13.6 Å². The Morgan fingerprint density at radius 2 is 2.06 bits per heavy atom. The highest BCUT2D eigenvalue weighted by atomic mass is 35.5. The van der Waals surface area contributed by atoms with E-state index in [4.69, 9.17) is 0 Å². The van der Waals surface area contributed by atoms with Gasteiger partial charge < -0.3 is 15.2 Å². The van der Waals surface area contributed by atoms with Crippen molar-refractivity contribution in [3.63, 3.8) is 0 Å². The van der Waals surface area contributed by atoms with Crippen LogP contribution in [-0.2, 0) is 11.3 Å². The minimum atomic E-state index is -0.00441. The van der Waals surface area contributed by atoms with E-state index in [0.29, 0.717) is 6.54 Å². The molecule has 0 saturated carbocycles. The van der Waals surface area contributed by atoms with E-state index in [9.17, 15) is 4.79 Å². The lowest BCUT2D eigenvalue weighted by molar-refractivity contribution is -0.125. The Balaban J connectivity index is 0. The maximum atomic E-state index is 11.7. The molecular formula is C11H22Cl2N4O. The molecule has 0 bridgehead atoms. The number of imidazole rings is 1. The van der Waals surface area contributed by atoms with Gasteiger partial charge in [0.25, 0.3) is 0 Å². The zero-order valence-electron chi connectivity index (χ0n) is 10.9. The molecule has 2 N–H and O–H groups in total. The van der Waals surface area contributed by atoms with Gasteiger partial charge in [0, 0.05) is 37.4 Å². The molecule has 0 fully saturated rings. The maximum absolute atomic E-state index is 11.7. The highest BCUT2D eigenvalue weighted by Crippen LogP contribution is 1.96. The number of aromatic nitrogens is 2. The van der Waals surface area contributed by atoms with Gasteiger partial charge in [0.05, 0.1) is 6.33 Å². The summed E-state index contributed by atoms with van der Waals surface area (Å²) in [6.45, 7) is 5.35. The number of nitrogens with one attached hydrogen (secondary N) is 2. The largest absolute Gasteiger partial charge is 0.352 e. The SMILES string of the molecule is CNCC(C)C(=O)NC(C)Cn1ccnc1.Cl.Cl. The van der Waals surface area contributed by atoms with E-state index in [1.807, 2.05) is 31.7 Å². The lowest BCUT2D eigenvalue weighted by Crippen LogP contribution is -2.41. The molecule has 2 unspecified atom stereocenters. The third-order valence-corrected chi connectivity index (χ3v) is 2.39. The van der Waals surface area contributed by atoms with Gasteiger partial charge in [0.15, 0.2) is 0 Å². The summed E-state index contributed by atoms with van der Waals surface area (Å²) in [5, 5.41) is 5.97. The summed E-state index contributed by atoms with van der Waals surface area (Å²) in [6, 6.07) is 0.112. The molecule has 0 aromatic carbocycles. The van der Waals surface area contributed by atoms with Crippen molar-refractivity contribution in [3.8, 4) is 0 Å². The summed E-state index contributed by atoms with van der Waals surface area (Å²) in [5.41, 5.74) is 0. The van der Waals surface area contributed by atoms with Crippen molar-refractivity contribution in [3.05, 3.63) is 18.7 Å². The summed E-state index contributed by atoms with van der Waals surface area (Å²) in [7, 11) is 1.85.